The lowest BCUT2D eigenvalue weighted by Gasteiger charge is -2.16. The first-order valence-corrected chi connectivity index (χ1v) is 5.91. The highest BCUT2D eigenvalue weighted by atomic mass is 16.5. The van der Waals surface area contributed by atoms with Gasteiger partial charge in [-0.15, -0.1) is 0 Å². The number of amides is 2. The Kier molecular flexibility index (Phi) is 7.49. The molecule has 0 saturated heterocycles. The third-order valence-corrected chi connectivity index (χ3v) is 2.20. The van der Waals surface area contributed by atoms with Crippen molar-refractivity contribution in [2.45, 2.75) is 39.7 Å². The van der Waals surface area contributed by atoms with Crippen molar-refractivity contribution >= 4 is 11.8 Å². The van der Waals surface area contributed by atoms with Gasteiger partial charge in [0.05, 0.1) is 12.6 Å². The van der Waals surface area contributed by atoms with E-state index in [2.05, 4.69) is 5.32 Å². The van der Waals surface area contributed by atoms with Crippen LogP contribution in [0.1, 0.15) is 33.6 Å². The quantitative estimate of drug-likeness (QED) is 0.438. The van der Waals surface area contributed by atoms with Gasteiger partial charge in [0.15, 0.2) is 0 Å². The first-order chi connectivity index (χ1) is 7.88. The van der Waals surface area contributed by atoms with Gasteiger partial charge in [-0.1, -0.05) is 20.8 Å². The summed E-state index contributed by atoms with van der Waals surface area (Å²) in [4.78, 5) is 22.8. The molecule has 100 valence electrons. The molecule has 1 atom stereocenters. The SMILES string of the molecule is CCCN(O)C(=O)CNC(=O)[C@@H](N)CC(C)C. The molecular formula is C11H23N3O3. The fourth-order valence-electron chi connectivity index (χ4n) is 1.34. The van der Waals surface area contributed by atoms with Crippen molar-refractivity contribution in [3.63, 3.8) is 0 Å². The lowest BCUT2D eigenvalue weighted by atomic mass is 10.0. The Hall–Kier alpha value is -1.14. The molecule has 0 bridgehead atoms. The Labute approximate surface area is 102 Å². The van der Waals surface area contributed by atoms with Gasteiger partial charge in [-0.2, -0.15) is 0 Å². The molecule has 0 aliphatic carbocycles. The van der Waals surface area contributed by atoms with Gasteiger partial charge in [0.25, 0.3) is 5.91 Å². The van der Waals surface area contributed by atoms with E-state index < -0.39 is 11.9 Å². The van der Waals surface area contributed by atoms with Crippen LogP contribution in [-0.4, -0.2) is 41.2 Å². The topological polar surface area (TPSA) is 95.7 Å². The molecule has 0 fully saturated rings. The molecule has 0 aromatic carbocycles. The normalized spacial score (nSPS) is 12.4. The highest BCUT2D eigenvalue weighted by Gasteiger charge is 2.17. The van der Waals surface area contributed by atoms with Crippen LogP contribution < -0.4 is 11.1 Å². The summed E-state index contributed by atoms with van der Waals surface area (Å²) in [5, 5.41) is 12.2. The van der Waals surface area contributed by atoms with E-state index in [1.54, 1.807) is 0 Å². The van der Waals surface area contributed by atoms with Gasteiger partial charge in [-0.05, 0) is 18.8 Å². The maximum atomic E-state index is 11.5. The number of carbonyl (C=O) groups excluding carboxylic acids is 2. The van der Waals surface area contributed by atoms with E-state index in [9.17, 15) is 14.8 Å². The Morgan fingerprint density at radius 1 is 1.41 bits per heavy atom. The molecule has 2 amide bonds. The predicted molar refractivity (Wildman–Crippen MR) is 64.2 cm³/mol. The van der Waals surface area contributed by atoms with Crippen molar-refractivity contribution in [3.8, 4) is 0 Å². The minimum Gasteiger partial charge on any atom is -0.346 e. The van der Waals surface area contributed by atoms with Crippen LogP contribution in [0, 0.1) is 5.92 Å². The molecule has 0 aliphatic rings. The van der Waals surface area contributed by atoms with Gasteiger partial charge in [0.1, 0.15) is 0 Å². The second-order valence-corrected chi connectivity index (χ2v) is 4.47. The summed E-state index contributed by atoms with van der Waals surface area (Å²) in [5.74, 6) is -0.574. The van der Waals surface area contributed by atoms with Gasteiger partial charge in [0, 0.05) is 6.54 Å². The molecule has 0 spiro atoms. The Morgan fingerprint density at radius 3 is 2.47 bits per heavy atom. The summed E-state index contributed by atoms with van der Waals surface area (Å²) in [6.07, 6.45) is 1.22. The van der Waals surface area contributed by atoms with E-state index >= 15 is 0 Å². The number of nitrogens with two attached hydrogens (primary N) is 1. The van der Waals surface area contributed by atoms with E-state index in [4.69, 9.17) is 5.73 Å². The summed E-state index contributed by atoms with van der Waals surface area (Å²) in [7, 11) is 0. The third-order valence-electron chi connectivity index (χ3n) is 2.20. The summed E-state index contributed by atoms with van der Waals surface area (Å²) >= 11 is 0. The summed E-state index contributed by atoms with van der Waals surface area (Å²) < 4.78 is 0. The van der Waals surface area contributed by atoms with Crippen LogP contribution in [0.3, 0.4) is 0 Å². The minimum absolute atomic E-state index is 0.221. The highest BCUT2D eigenvalue weighted by molar-refractivity contribution is 5.86. The van der Waals surface area contributed by atoms with Gasteiger partial charge in [0.2, 0.25) is 5.91 Å². The Morgan fingerprint density at radius 2 is 2.00 bits per heavy atom. The lowest BCUT2D eigenvalue weighted by molar-refractivity contribution is -0.164. The van der Waals surface area contributed by atoms with E-state index in [0.717, 1.165) is 0 Å². The highest BCUT2D eigenvalue weighted by Crippen LogP contribution is 2.02. The number of nitrogens with zero attached hydrogens (tertiary/aromatic N) is 1. The molecule has 0 heterocycles. The molecule has 0 radical (unpaired) electrons. The van der Waals surface area contributed by atoms with E-state index in [-0.39, 0.29) is 19.0 Å². The van der Waals surface area contributed by atoms with Crippen molar-refractivity contribution in [2.75, 3.05) is 13.1 Å². The van der Waals surface area contributed by atoms with Crippen LogP contribution in [0.15, 0.2) is 0 Å². The summed E-state index contributed by atoms with van der Waals surface area (Å²) in [5.41, 5.74) is 5.64. The zero-order valence-corrected chi connectivity index (χ0v) is 10.8. The Balaban J connectivity index is 3.94. The standard InChI is InChI=1S/C11H23N3O3/c1-4-5-14(17)10(15)7-13-11(16)9(12)6-8(2)3/h8-9,17H,4-7,12H2,1-3H3,(H,13,16)/t9-/m0/s1. The maximum absolute atomic E-state index is 11.5. The van der Waals surface area contributed by atoms with Gasteiger partial charge < -0.3 is 11.1 Å². The largest absolute Gasteiger partial charge is 0.346 e. The van der Waals surface area contributed by atoms with Crippen LogP contribution in [0.5, 0.6) is 0 Å². The Bertz CT molecular complexity index is 256. The molecule has 0 rings (SSSR count). The van der Waals surface area contributed by atoms with Crippen molar-refractivity contribution < 1.29 is 14.8 Å². The molecule has 0 aromatic rings. The molecule has 0 aliphatic heterocycles. The molecule has 0 unspecified atom stereocenters. The molecule has 0 saturated carbocycles. The number of rotatable bonds is 7. The minimum atomic E-state index is -0.610. The van der Waals surface area contributed by atoms with E-state index in [1.165, 1.54) is 0 Å². The van der Waals surface area contributed by atoms with Crippen molar-refractivity contribution in [3.05, 3.63) is 0 Å². The first kappa shape index (κ1) is 15.9. The molecular weight excluding hydrogens is 222 g/mol. The molecule has 0 aromatic heterocycles. The second-order valence-electron chi connectivity index (χ2n) is 4.47. The summed E-state index contributed by atoms with van der Waals surface area (Å²) in [6.45, 7) is 5.81. The zero-order chi connectivity index (χ0) is 13.4. The molecule has 6 nitrogen and oxygen atoms in total. The first-order valence-electron chi connectivity index (χ1n) is 5.91. The average Bonchev–Trinajstić information content (AvgIpc) is 2.24. The molecule has 17 heavy (non-hydrogen) atoms. The van der Waals surface area contributed by atoms with Crippen LogP contribution in [0.2, 0.25) is 0 Å². The smallest absolute Gasteiger partial charge is 0.265 e. The fourth-order valence-corrected chi connectivity index (χ4v) is 1.34. The van der Waals surface area contributed by atoms with E-state index in [0.29, 0.717) is 23.8 Å². The van der Waals surface area contributed by atoms with Crippen LogP contribution in [0.25, 0.3) is 0 Å². The summed E-state index contributed by atoms with van der Waals surface area (Å²) in [6, 6.07) is -0.610. The van der Waals surface area contributed by atoms with E-state index in [1.807, 2.05) is 20.8 Å². The van der Waals surface area contributed by atoms with Gasteiger partial charge in [-0.25, -0.2) is 5.06 Å². The number of hydrogen-bond acceptors (Lipinski definition) is 4. The van der Waals surface area contributed by atoms with Gasteiger partial charge in [-0.3, -0.25) is 14.8 Å². The third kappa shape index (κ3) is 6.91. The zero-order valence-electron chi connectivity index (χ0n) is 10.8. The van der Waals surface area contributed by atoms with Gasteiger partial charge >= 0.3 is 0 Å². The second kappa shape index (κ2) is 8.03. The molecule has 6 heteroatoms. The number of nitrogens with one attached hydrogen (secondary N) is 1. The van der Waals surface area contributed by atoms with Crippen molar-refractivity contribution in [2.24, 2.45) is 11.7 Å². The van der Waals surface area contributed by atoms with Crippen LogP contribution >= 0.6 is 0 Å². The molecule has 4 N–H and O–H groups in total. The maximum Gasteiger partial charge on any atom is 0.265 e. The number of carbonyl (C=O) groups is 2. The predicted octanol–water partition coefficient (Wildman–Crippen LogP) is 0.104. The van der Waals surface area contributed by atoms with Crippen molar-refractivity contribution in [1.82, 2.24) is 10.4 Å². The monoisotopic (exact) mass is 245 g/mol. The number of hydroxylamine groups is 2. The number of hydrogen-bond donors (Lipinski definition) is 3. The van der Waals surface area contributed by atoms with Crippen LogP contribution in [0.4, 0.5) is 0 Å². The fraction of sp³-hybridized carbons (Fsp3) is 0.818. The average molecular weight is 245 g/mol. The lowest BCUT2D eigenvalue weighted by Crippen LogP contribution is -2.45. The van der Waals surface area contributed by atoms with Crippen molar-refractivity contribution in [1.29, 1.82) is 0 Å². The van der Waals surface area contributed by atoms with Crippen LogP contribution in [-0.2, 0) is 9.59 Å².